The molecule has 0 heteroatoms. The molecule has 0 heterocycles. The maximum atomic E-state index is 9.69. The van der Waals surface area contributed by atoms with Crippen molar-refractivity contribution in [3.05, 3.63) is 194 Å². The lowest BCUT2D eigenvalue weighted by Crippen LogP contribution is -1.96. The second-order valence-corrected chi connectivity index (χ2v) is 11.1. The number of hydrogen-bond acceptors (Lipinski definition) is 0. The third kappa shape index (κ3) is 4.62. The van der Waals surface area contributed by atoms with Crippen molar-refractivity contribution in [1.82, 2.24) is 0 Å². The topological polar surface area (TPSA) is 0 Å². The molecule has 0 aliphatic heterocycles. The predicted molar refractivity (Wildman–Crippen MR) is 206 cm³/mol. The zero-order valence-electron chi connectivity index (χ0n) is 43.1. The molecular weight excluding hydrogens is 577 g/mol. The number of rotatable bonds is 5. The molecule has 0 saturated carbocycles. The smallest absolute Gasteiger partial charge is 0.0622 e. The molecule has 0 aliphatic carbocycles. The molecule has 0 saturated heterocycles. The first-order chi connectivity index (χ1) is 31.3. The summed E-state index contributed by atoms with van der Waals surface area (Å²) in [7, 11) is 0. The second kappa shape index (κ2) is 11.8. The zero-order valence-corrected chi connectivity index (χ0v) is 25.1. The normalized spacial score (nSPS) is 16.6. The Kier molecular flexibility index (Phi) is 3.73. The molecule has 0 amide bonds. The molecule has 224 valence electrons. The van der Waals surface area contributed by atoms with E-state index < -0.39 is 120 Å². The van der Waals surface area contributed by atoms with Gasteiger partial charge in [0.15, 0.2) is 0 Å². The van der Waals surface area contributed by atoms with Crippen molar-refractivity contribution in [3.63, 3.8) is 0 Å². The Morgan fingerprint density at radius 3 is 1.23 bits per heavy atom. The van der Waals surface area contributed by atoms with Gasteiger partial charge in [0.25, 0.3) is 0 Å². The van der Waals surface area contributed by atoms with Crippen LogP contribution >= 0.6 is 0 Å². The Morgan fingerprint density at radius 1 is 0.250 bits per heavy atom. The van der Waals surface area contributed by atoms with Gasteiger partial charge in [-0.05, 0) is 88.0 Å². The summed E-state index contributed by atoms with van der Waals surface area (Å²) in [5, 5.41) is 0.260. The van der Waals surface area contributed by atoms with Crippen molar-refractivity contribution in [2.45, 2.75) is 0 Å². The van der Waals surface area contributed by atoms with Gasteiger partial charge in [-0.25, -0.2) is 0 Å². The number of fused-ring (bicyclic) bond motifs is 3. The van der Waals surface area contributed by atoms with Gasteiger partial charge >= 0.3 is 0 Å². The van der Waals surface area contributed by atoms with Crippen LogP contribution in [0.15, 0.2) is 194 Å². The van der Waals surface area contributed by atoms with Gasteiger partial charge in [-0.15, -0.1) is 0 Å². The fourth-order valence-electron chi connectivity index (χ4n) is 6.54. The molecule has 48 heavy (non-hydrogen) atoms. The summed E-state index contributed by atoms with van der Waals surface area (Å²) in [6, 6.07) is 11.7. The Hall–Kier alpha value is -6.24. The van der Waals surface area contributed by atoms with Crippen LogP contribution in [0.1, 0.15) is 24.7 Å². The average Bonchev–Trinajstić information content (AvgIpc) is 3.33. The minimum Gasteiger partial charge on any atom is -0.0622 e. The minimum absolute atomic E-state index is 0.0169. The number of hydrogen-bond donors (Lipinski definition) is 0. The predicted octanol–water partition coefficient (Wildman–Crippen LogP) is 13.5. The van der Waals surface area contributed by atoms with E-state index in [9.17, 15) is 5.48 Å². The summed E-state index contributed by atoms with van der Waals surface area (Å²) in [6.45, 7) is 0. The van der Waals surface area contributed by atoms with Gasteiger partial charge in [0.1, 0.15) is 0 Å². The lowest BCUT2D eigenvalue weighted by Gasteiger charge is -2.23. The van der Waals surface area contributed by atoms with E-state index in [2.05, 4.69) is 0 Å². The highest BCUT2D eigenvalue weighted by Crippen LogP contribution is 2.50. The van der Waals surface area contributed by atoms with Crippen LogP contribution in [-0.4, -0.2) is 0 Å². The standard InChI is InChI=1S/C48H32/c1-4-17-33(18-5-1)36-31-32-45(40-24-11-10-23-39(36)40)46-41-25-12-14-27-43(41)48(44-28-15-13-26-42(44)46)47-37(34-19-6-2-7-20-34)29-16-30-38(47)35-21-8-3-9-22-35/h1-32H/i2D,3D,6D,7D,8D,9D,12D,13D,14D,15D,19D,20D,21D,22D,25D,26D,27D,28D. The summed E-state index contributed by atoms with van der Waals surface area (Å²) in [6.07, 6.45) is 0. The summed E-state index contributed by atoms with van der Waals surface area (Å²) in [5.74, 6) is 0. The maximum Gasteiger partial charge on any atom is 0.0629 e. The fourth-order valence-corrected chi connectivity index (χ4v) is 6.54. The Balaban J connectivity index is 1.63. The summed E-state index contributed by atoms with van der Waals surface area (Å²) < 4.78 is 163. The highest BCUT2D eigenvalue weighted by atomic mass is 14.3. The van der Waals surface area contributed by atoms with Gasteiger partial charge in [-0.2, -0.15) is 0 Å². The quantitative estimate of drug-likeness (QED) is 0.167. The van der Waals surface area contributed by atoms with Crippen LogP contribution < -0.4 is 0 Å². The molecule has 0 aliphatic rings. The van der Waals surface area contributed by atoms with Gasteiger partial charge in [-0.3, -0.25) is 0 Å². The molecule has 0 bridgehead atoms. The van der Waals surface area contributed by atoms with Crippen LogP contribution in [0.4, 0.5) is 0 Å². The van der Waals surface area contributed by atoms with Crippen molar-refractivity contribution >= 4 is 32.3 Å². The molecule has 0 nitrogen and oxygen atoms in total. The first-order valence-corrected chi connectivity index (χ1v) is 15.1. The first-order valence-electron chi connectivity index (χ1n) is 24.1. The molecule has 9 aromatic rings. The largest absolute Gasteiger partial charge is 0.0629 e. The van der Waals surface area contributed by atoms with E-state index >= 15 is 0 Å². The van der Waals surface area contributed by atoms with Gasteiger partial charge in [0.05, 0.1) is 24.7 Å². The Morgan fingerprint density at radius 2 is 0.688 bits per heavy atom. The second-order valence-electron chi connectivity index (χ2n) is 11.1. The van der Waals surface area contributed by atoms with E-state index in [0.29, 0.717) is 16.3 Å². The van der Waals surface area contributed by atoms with Crippen LogP contribution in [0.2, 0.25) is 0 Å². The van der Waals surface area contributed by atoms with E-state index in [4.69, 9.17) is 19.2 Å². The molecule has 0 unspecified atom stereocenters. The summed E-state index contributed by atoms with van der Waals surface area (Å²) in [4.78, 5) is 0. The zero-order chi connectivity index (χ0) is 47.5. The maximum absolute atomic E-state index is 9.69. The highest BCUT2D eigenvalue weighted by molar-refractivity contribution is 6.26. The minimum atomic E-state index is -0.745. The van der Waals surface area contributed by atoms with Crippen LogP contribution in [0, 0.1) is 0 Å². The van der Waals surface area contributed by atoms with E-state index in [0.717, 1.165) is 11.1 Å². The van der Waals surface area contributed by atoms with Crippen LogP contribution in [0.5, 0.6) is 0 Å². The van der Waals surface area contributed by atoms with Gasteiger partial charge in [0.2, 0.25) is 0 Å². The van der Waals surface area contributed by atoms with Crippen molar-refractivity contribution < 1.29 is 24.7 Å². The van der Waals surface area contributed by atoms with Crippen molar-refractivity contribution in [1.29, 1.82) is 0 Å². The molecular formula is C48H32. The highest BCUT2D eigenvalue weighted by Gasteiger charge is 2.22. The molecule has 0 N–H and O–H groups in total. The van der Waals surface area contributed by atoms with Gasteiger partial charge in [-0.1, -0.05) is 194 Å². The lowest BCUT2D eigenvalue weighted by molar-refractivity contribution is 1.58. The van der Waals surface area contributed by atoms with Crippen LogP contribution in [-0.2, 0) is 0 Å². The Bertz CT molecular complexity index is 3390. The molecule has 0 aromatic heterocycles. The summed E-state index contributed by atoms with van der Waals surface area (Å²) in [5.41, 5.74) is 0.119. The van der Waals surface area contributed by atoms with E-state index in [1.165, 1.54) is 18.2 Å². The van der Waals surface area contributed by atoms with Crippen LogP contribution in [0.25, 0.3) is 88.0 Å². The fraction of sp³-hybridized carbons (Fsp3) is 0. The van der Waals surface area contributed by atoms with Crippen molar-refractivity contribution in [3.8, 4) is 55.6 Å². The summed E-state index contributed by atoms with van der Waals surface area (Å²) >= 11 is 0. The van der Waals surface area contributed by atoms with E-state index in [1.807, 2.05) is 48.5 Å². The lowest BCUT2D eigenvalue weighted by atomic mass is 9.80. The monoisotopic (exact) mass is 626 g/mol. The SMILES string of the molecule is [2H]c1c([2H])c([2H])c(-c2cccc(-c3c([2H])c([2H])c([2H])c([2H])c3[2H])c2-c2c3c([2H])c([2H])c([2H])c([2H])c3c(-c3ccc(-c4ccccc4)c4ccccc34)c3c([2H])c([2H])c([2H])c([2H])c23)c([2H])c1[2H]. The van der Waals surface area contributed by atoms with E-state index in [-0.39, 0.29) is 49.4 Å². The van der Waals surface area contributed by atoms with Crippen molar-refractivity contribution in [2.75, 3.05) is 0 Å². The molecule has 0 spiro atoms. The van der Waals surface area contributed by atoms with Gasteiger partial charge < -0.3 is 0 Å². The molecule has 0 atom stereocenters. The first kappa shape index (κ1) is 15.1. The third-order valence-electron chi connectivity index (χ3n) is 8.51. The average molecular weight is 627 g/mol. The van der Waals surface area contributed by atoms with Gasteiger partial charge in [0, 0.05) is 0 Å². The molecule has 0 radical (unpaired) electrons. The molecule has 9 rings (SSSR count). The van der Waals surface area contributed by atoms with Crippen molar-refractivity contribution in [2.24, 2.45) is 0 Å². The molecule has 9 aromatic carbocycles. The molecule has 0 fully saturated rings. The van der Waals surface area contributed by atoms with Crippen LogP contribution in [0.3, 0.4) is 0 Å². The number of benzene rings is 9. The van der Waals surface area contributed by atoms with E-state index in [1.54, 1.807) is 18.2 Å². The Labute approximate surface area is 306 Å². The third-order valence-corrected chi connectivity index (χ3v) is 8.51.